The van der Waals surface area contributed by atoms with Gasteiger partial charge in [0, 0.05) is 11.4 Å². The summed E-state index contributed by atoms with van der Waals surface area (Å²) >= 11 is 1.44. The number of para-hydroxylation sites is 2. The van der Waals surface area contributed by atoms with Crippen LogP contribution in [0, 0.1) is 5.82 Å². The first kappa shape index (κ1) is 17.1. The molecule has 140 valence electrons. The maximum absolute atomic E-state index is 13.2. The number of H-pyrrole nitrogens is 1. The lowest BCUT2D eigenvalue weighted by Gasteiger charge is -2.22. The predicted octanol–water partition coefficient (Wildman–Crippen LogP) is 5.41. The number of likely N-dealkylation sites (tertiary alicyclic amines) is 1. The van der Waals surface area contributed by atoms with E-state index < -0.39 is 0 Å². The molecule has 5 rings (SSSR count). The van der Waals surface area contributed by atoms with Crippen molar-refractivity contribution < 1.29 is 9.18 Å². The second kappa shape index (κ2) is 6.87. The fourth-order valence-electron chi connectivity index (χ4n) is 3.79. The lowest BCUT2D eigenvalue weighted by atomic mass is 10.2. The lowest BCUT2D eigenvalue weighted by molar-refractivity contribution is 0.0735. The van der Waals surface area contributed by atoms with Gasteiger partial charge < -0.3 is 9.88 Å². The Labute approximate surface area is 165 Å². The Morgan fingerprint density at radius 1 is 1.11 bits per heavy atom. The number of benzene rings is 2. The average molecular weight is 391 g/mol. The molecule has 4 nitrogen and oxygen atoms in total. The number of carbonyl (C=O) groups is 1. The highest BCUT2D eigenvalue weighted by Crippen LogP contribution is 2.35. The standard InChI is InChI=1S/C22H18FN3OS/c23-15-9-7-14(8-10-15)19-11-12-20(28-19)22(27)26-13-3-6-18(26)21-24-16-4-1-2-5-17(16)25-21/h1-2,4-5,7-12,18H,3,6,13H2,(H,24,25). The van der Waals surface area contributed by atoms with Gasteiger partial charge in [-0.25, -0.2) is 9.37 Å². The highest BCUT2D eigenvalue weighted by atomic mass is 32.1. The van der Waals surface area contributed by atoms with Gasteiger partial charge >= 0.3 is 0 Å². The molecular formula is C22H18FN3OS. The van der Waals surface area contributed by atoms with E-state index in [2.05, 4.69) is 4.98 Å². The Morgan fingerprint density at radius 3 is 2.75 bits per heavy atom. The van der Waals surface area contributed by atoms with Crippen LogP contribution < -0.4 is 0 Å². The predicted molar refractivity (Wildman–Crippen MR) is 109 cm³/mol. The molecule has 1 N–H and O–H groups in total. The molecule has 1 aliphatic rings. The molecule has 0 saturated carbocycles. The number of fused-ring (bicyclic) bond motifs is 1. The Kier molecular flexibility index (Phi) is 4.20. The SMILES string of the molecule is O=C(c1ccc(-c2ccc(F)cc2)s1)N1CCCC1c1nc2ccccc2[nH]1. The maximum atomic E-state index is 13.2. The number of carbonyl (C=O) groups excluding carboxylic acids is 1. The Balaban J connectivity index is 1.42. The van der Waals surface area contributed by atoms with E-state index in [0.29, 0.717) is 4.88 Å². The molecule has 2 aromatic carbocycles. The summed E-state index contributed by atoms with van der Waals surface area (Å²) in [5.41, 5.74) is 2.83. The van der Waals surface area contributed by atoms with Gasteiger partial charge in [0.15, 0.2) is 0 Å². The summed E-state index contributed by atoms with van der Waals surface area (Å²) in [5.74, 6) is 0.617. The second-order valence-corrected chi connectivity index (χ2v) is 8.05. The number of halogens is 1. The number of rotatable bonds is 3. The summed E-state index contributed by atoms with van der Waals surface area (Å²) in [6.45, 7) is 0.727. The van der Waals surface area contributed by atoms with Crippen LogP contribution in [-0.2, 0) is 0 Å². The quantitative estimate of drug-likeness (QED) is 0.508. The molecule has 0 spiro atoms. The van der Waals surface area contributed by atoms with E-state index in [1.807, 2.05) is 41.3 Å². The summed E-state index contributed by atoms with van der Waals surface area (Å²) < 4.78 is 13.2. The summed E-state index contributed by atoms with van der Waals surface area (Å²) in [7, 11) is 0. The maximum Gasteiger partial charge on any atom is 0.264 e. The monoisotopic (exact) mass is 391 g/mol. The zero-order chi connectivity index (χ0) is 19.1. The van der Waals surface area contributed by atoms with Crippen molar-refractivity contribution in [2.24, 2.45) is 0 Å². The molecule has 0 bridgehead atoms. The number of imidazole rings is 1. The number of hydrogen-bond acceptors (Lipinski definition) is 3. The van der Waals surface area contributed by atoms with E-state index >= 15 is 0 Å². The minimum atomic E-state index is -0.262. The molecule has 4 aromatic rings. The van der Waals surface area contributed by atoms with Gasteiger partial charge in [-0.3, -0.25) is 4.79 Å². The van der Waals surface area contributed by atoms with Crippen molar-refractivity contribution in [3.63, 3.8) is 0 Å². The smallest absolute Gasteiger partial charge is 0.264 e. The van der Waals surface area contributed by atoms with Crippen LogP contribution in [-0.4, -0.2) is 27.3 Å². The number of nitrogens with zero attached hydrogens (tertiary/aromatic N) is 2. The summed E-state index contributed by atoms with van der Waals surface area (Å²) in [4.78, 5) is 24.8. The Hall–Kier alpha value is -2.99. The highest BCUT2D eigenvalue weighted by Gasteiger charge is 2.33. The van der Waals surface area contributed by atoms with Crippen LogP contribution in [0.4, 0.5) is 4.39 Å². The van der Waals surface area contributed by atoms with Crippen molar-refractivity contribution in [3.8, 4) is 10.4 Å². The third-order valence-electron chi connectivity index (χ3n) is 5.18. The number of thiophene rings is 1. The first-order valence-electron chi connectivity index (χ1n) is 9.30. The molecule has 0 aliphatic carbocycles. The molecule has 1 fully saturated rings. The largest absolute Gasteiger partial charge is 0.340 e. The van der Waals surface area contributed by atoms with E-state index in [4.69, 9.17) is 4.98 Å². The number of aromatic nitrogens is 2. The topological polar surface area (TPSA) is 49.0 Å². The van der Waals surface area contributed by atoms with E-state index in [1.54, 1.807) is 12.1 Å². The number of nitrogens with one attached hydrogen (secondary N) is 1. The fraction of sp³-hybridized carbons (Fsp3) is 0.182. The normalized spacial score (nSPS) is 16.8. The van der Waals surface area contributed by atoms with E-state index in [-0.39, 0.29) is 17.8 Å². The average Bonchev–Trinajstić information content (AvgIpc) is 3.46. The summed E-state index contributed by atoms with van der Waals surface area (Å²) in [5, 5.41) is 0. The van der Waals surface area contributed by atoms with E-state index in [1.165, 1.54) is 23.5 Å². The van der Waals surface area contributed by atoms with Crippen molar-refractivity contribution >= 4 is 28.3 Å². The summed E-state index contributed by atoms with van der Waals surface area (Å²) in [6.07, 6.45) is 1.87. The molecule has 1 saturated heterocycles. The highest BCUT2D eigenvalue weighted by molar-refractivity contribution is 7.17. The molecule has 0 radical (unpaired) electrons. The van der Waals surface area contributed by atoms with Gasteiger partial charge in [-0.1, -0.05) is 24.3 Å². The first-order chi connectivity index (χ1) is 13.7. The van der Waals surface area contributed by atoms with Gasteiger partial charge in [0.25, 0.3) is 5.91 Å². The third-order valence-corrected chi connectivity index (χ3v) is 6.30. The van der Waals surface area contributed by atoms with Crippen LogP contribution in [0.5, 0.6) is 0 Å². The minimum Gasteiger partial charge on any atom is -0.340 e. The van der Waals surface area contributed by atoms with Crippen molar-refractivity contribution in [2.45, 2.75) is 18.9 Å². The Morgan fingerprint density at radius 2 is 1.93 bits per heavy atom. The molecule has 1 unspecified atom stereocenters. The number of amides is 1. The molecule has 2 aromatic heterocycles. The van der Waals surface area contributed by atoms with Crippen LogP contribution in [0.15, 0.2) is 60.7 Å². The zero-order valence-electron chi connectivity index (χ0n) is 15.1. The Bertz CT molecular complexity index is 1120. The van der Waals surface area contributed by atoms with Crippen molar-refractivity contribution in [2.75, 3.05) is 6.54 Å². The van der Waals surface area contributed by atoms with Crippen LogP contribution in [0.1, 0.15) is 34.4 Å². The van der Waals surface area contributed by atoms with Crippen LogP contribution >= 0.6 is 11.3 Å². The molecular weight excluding hydrogens is 373 g/mol. The fourth-order valence-corrected chi connectivity index (χ4v) is 4.76. The number of aromatic amines is 1. The van der Waals surface area contributed by atoms with Crippen LogP contribution in [0.2, 0.25) is 0 Å². The molecule has 1 aliphatic heterocycles. The third kappa shape index (κ3) is 2.99. The van der Waals surface area contributed by atoms with Crippen molar-refractivity contribution in [1.82, 2.24) is 14.9 Å². The lowest BCUT2D eigenvalue weighted by Crippen LogP contribution is -2.30. The van der Waals surface area contributed by atoms with Gasteiger partial charge in [0.05, 0.1) is 22.0 Å². The van der Waals surface area contributed by atoms with Gasteiger partial charge in [0.1, 0.15) is 11.6 Å². The van der Waals surface area contributed by atoms with Crippen LogP contribution in [0.3, 0.4) is 0 Å². The van der Waals surface area contributed by atoms with Crippen LogP contribution in [0.25, 0.3) is 21.5 Å². The van der Waals surface area contributed by atoms with Crippen molar-refractivity contribution in [3.05, 3.63) is 77.2 Å². The molecule has 6 heteroatoms. The summed E-state index contributed by atoms with van der Waals surface area (Å²) in [6, 6.07) is 18.0. The van der Waals surface area contributed by atoms with Gasteiger partial charge in [-0.05, 0) is 54.8 Å². The van der Waals surface area contributed by atoms with E-state index in [9.17, 15) is 9.18 Å². The van der Waals surface area contributed by atoms with Gasteiger partial charge in [0.2, 0.25) is 0 Å². The van der Waals surface area contributed by atoms with E-state index in [0.717, 1.165) is 46.7 Å². The first-order valence-corrected chi connectivity index (χ1v) is 10.1. The minimum absolute atomic E-state index is 0.0290. The van der Waals surface area contributed by atoms with Gasteiger partial charge in [-0.2, -0.15) is 0 Å². The second-order valence-electron chi connectivity index (χ2n) is 6.97. The number of hydrogen-bond donors (Lipinski definition) is 1. The molecule has 1 amide bonds. The molecule has 28 heavy (non-hydrogen) atoms. The molecule has 3 heterocycles. The van der Waals surface area contributed by atoms with Gasteiger partial charge in [-0.15, -0.1) is 11.3 Å². The zero-order valence-corrected chi connectivity index (χ0v) is 15.9. The van der Waals surface area contributed by atoms with Crippen molar-refractivity contribution in [1.29, 1.82) is 0 Å². The molecule has 1 atom stereocenters.